The maximum Gasteiger partial charge on any atom is 0.491 e. The van der Waals surface area contributed by atoms with Gasteiger partial charge in [-0.1, -0.05) is 6.08 Å². The van der Waals surface area contributed by atoms with E-state index < -0.39 is 0 Å². The quantitative estimate of drug-likeness (QED) is 0.836. The van der Waals surface area contributed by atoms with Crippen molar-refractivity contribution in [2.75, 3.05) is 20.7 Å². The van der Waals surface area contributed by atoms with E-state index in [1.54, 1.807) is 19.5 Å². The van der Waals surface area contributed by atoms with Crippen molar-refractivity contribution >= 4 is 13.2 Å². The molecule has 7 heteroatoms. The molecule has 1 aliphatic heterocycles. The number of nitrogens with zero attached hydrogens (tertiary/aromatic N) is 2. The highest BCUT2D eigenvalue weighted by molar-refractivity contribution is 6.55. The van der Waals surface area contributed by atoms with Crippen LogP contribution >= 0.6 is 0 Å². The van der Waals surface area contributed by atoms with Crippen LogP contribution in [-0.4, -0.2) is 49.0 Å². The second-order valence-corrected chi connectivity index (χ2v) is 6.34. The molecule has 6 nitrogen and oxygen atoms in total. The molecular weight excluding hydrogens is 281 g/mol. The van der Waals surface area contributed by atoms with Crippen molar-refractivity contribution < 1.29 is 14.0 Å². The first-order valence-corrected chi connectivity index (χ1v) is 7.36. The molecule has 1 aromatic heterocycles. The highest BCUT2D eigenvalue weighted by Crippen LogP contribution is 2.38. The van der Waals surface area contributed by atoms with E-state index in [1.165, 1.54) is 0 Å². The van der Waals surface area contributed by atoms with Gasteiger partial charge in [0.25, 0.3) is 0 Å². The second-order valence-electron chi connectivity index (χ2n) is 6.34. The Balaban J connectivity index is 2.24. The zero-order valence-electron chi connectivity index (χ0n) is 14.1. The Labute approximate surface area is 132 Å². The molecule has 22 heavy (non-hydrogen) atoms. The highest BCUT2D eigenvalue weighted by Gasteiger charge is 2.52. The van der Waals surface area contributed by atoms with Crippen molar-refractivity contribution in [3.63, 3.8) is 0 Å². The van der Waals surface area contributed by atoms with E-state index in [-0.39, 0.29) is 18.3 Å². The van der Waals surface area contributed by atoms with E-state index in [2.05, 4.69) is 15.3 Å². The van der Waals surface area contributed by atoms with Gasteiger partial charge in [0, 0.05) is 24.5 Å². The molecule has 0 spiro atoms. The third-order valence-electron chi connectivity index (χ3n) is 4.12. The summed E-state index contributed by atoms with van der Waals surface area (Å²) in [6.07, 6.45) is 5.41. The Morgan fingerprint density at radius 1 is 1.23 bits per heavy atom. The van der Waals surface area contributed by atoms with Crippen LogP contribution in [0.2, 0.25) is 0 Å². The topological polar surface area (TPSA) is 65.5 Å². The van der Waals surface area contributed by atoms with E-state index in [0.717, 1.165) is 11.0 Å². The molecule has 1 aliphatic rings. The number of hydrogen-bond acceptors (Lipinski definition) is 6. The van der Waals surface area contributed by atoms with Crippen LogP contribution < -0.4 is 10.1 Å². The van der Waals surface area contributed by atoms with Crippen molar-refractivity contribution in [1.82, 2.24) is 15.3 Å². The Morgan fingerprint density at radius 2 is 1.77 bits per heavy atom. The molecule has 0 amide bonds. The number of hydrogen-bond donors (Lipinski definition) is 1. The lowest BCUT2D eigenvalue weighted by atomic mass is 9.77. The Kier molecular flexibility index (Phi) is 4.89. The van der Waals surface area contributed by atoms with Gasteiger partial charge in [0.1, 0.15) is 0 Å². The molecule has 1 aromatic rings. The van der Waals surface area contributed by atoms with E-state index in [4.69, 9.17) is 14.0 Å². The van der Waals surface area contributed by atoms with E-state index in [9.17, 15) is 0 Å². The molecule has 120 valence electrons. The lowest BCUT2D eigenvalue weighted by Crippen LogP contribution is -2.41. The first-order valence-electron chi connectivity index (χ1n) is 7.36. The van der Waals surface area contributed by atoms with Crippen molar-refractivity contribution in [1.29, 1.82) is 0 Å². The molecule has 1 fully saturated rings. The molecule has 1 saturated heterocycles. The highest BCUT2D eigenvalue weighted by atomic mass is 16.7. The summed E-state index contributed by atoms with van der Waals surface area (Å²) in [5.74, 6) is 0. The minimum Gasteiger partial charge on any atom is -0.467 e. The van der Waals surface area contributed by atoms with Crippen LogP contribution in [0.25, 0.3) is 6.08 Å². The fourth-order valence-electron chi connectivity index (χ4n) is 2.12. The summed E-state index contributed by atoms with van der Waals surface area (Å²) in [7, 11) is 3.05. The standard InChI is InChI=1S/C15H24BN3O3/c1-14(2)15(3,4)22-16(21-14)12(10-17-5)7-11-8-18-13(20-6)19-9-11/h7-9,17H,10H2,1-6H3. The van der Waals surface area contributed by atoms with Crippen LogP contribution in [0.15, 0.2) is 17.9 Å². The summed E-state index contributed by atoms with van der Waals surface area (Å²) in [4.78, 5) is 8.23. The van der Waals surface area contributed by atoms with Crippen molar-refractivity contribution in [3.8, 4) is 6.01 Å². The summed E-state index contributed by atoms with van der Waals surface area (Å²) >= 11 is 0. The maximum atomic E-state index is 6.10. The average Bonchev–Trinajstić information content (AvgIpc) is 2.68. The van der Waals surface area contributed by atoms with Crippen molar-refractivity contribution in [2.24, 2.45) is 0 Å². The minimum absolute atomic E-state index is 0.350. The van der Waals surface area contributed by atoms with Gasteiger partial charge in [-0.25, -0.2) is 9.97 Å². The third-order valence-corrected chi connectivity index (χ3v) is 4.12. The van der Waals surface area contributed by atoms with E-state index >= 15 is 0 Å². The monoisotopic (exact) mass is 305 g/mol. The van der Waals surface area contributed by atoms with Gasteiger partial charge in [-0.2, -0.15) is 0 Å². The van der Waals surface area contributed by atoms with Gasteiger partial charge in [0.2, 0.25) is 0 Å². The molecule has 0 atom stereocenters. The first kappa shape index (κ1) is 16.9. The van der Waals surface area contributed by atoms with Crippen LogP contribution in [0.4, 0.5) is 0 Å². The van der Waals surface area contributed by atoms with Gasteiger partial charge in [-0.15, -0.1) is 0 Å². The molecular formula is C15H24BN3O3. The number of likely N-dealkylation sites (N-methyl/N-ethyl adjacent to an activating group) is 1. The first-order chi connectivity index (χ1) is 10.3. The number of aromatic nitrogens is 2. The summed E-state index contributed by atoms with van der Waals surface area (Å²) in [5, 5.41) is 3.15. The number of nitrogens with one attached hydrogen (secondary N) is 1. The fraction of sp³-hybridized carbons (Fsp3) is 0.600. The van der Waals surface area contributed by atoms with Crippen LogP contribution in [0, 0.1) is 0 Å². The van der Waals surface area contributed by atoms with Gasteiger partial charge >= 0.3 is 13.1 Å². The van der Waals surface area contributed by atoms with E-state index in [1.807, 2.05) is 40.8 Å². The average molecular weight is 305 g/mol. The molecule has 0 radical (unpaired) electrons. The van der Waals surface area contributed by atoms with Gasteiger partial charge in [-0.3, -0.25) is 0 Å². The second kappa shape index (κ2) is 6.36. The summed E-state index contributed by atoms with van der Waals surface area (Å²) in [6.45, 7) is 8.82. The van der Waals surface area contributed by atoms with Gasteiger partial charge < -0.3 is 19.4 Å². The van der Waals surface area contributed by atoms with Crippen LogP contribution in [-0.2, 0) is 9.31 Å². The summed E-state index contributed by atoms with van der Waals surface area (Å²) < 4.78 is 17.2. The lowest BCUT2D eigenvalue weighted by Gasteiger charge is -2.32. The fourth-order valence-corrected chi connectivity index (χ4v) is 2.12. The number of methoxy groups -OCH3 is 1. The molecule has 0 unspecified atom stereocenters. The number of rotatable bonds is 5. The van der Waals surface area contributed by atoms with Gasteiger partial charge in [0.05, 0.1) is 18.3 Å². The maximum absolute atomic E-state index is 6.10. The third kappa shape index (κ3) is 3.48. The van der Waals surface area contributed by atoms with E-state index in [0.29, 0.717) is 12.6 Å². The molecule has 1 N–H and O–H groups in total. The number of ether oxygens (including phenoxy) is 1. The lowest BCUT2D eigenvalue weighted by molar-refractivity contribution is 0.00578. The summed E-state index contributed by atoms with van der Waals surface area (Å²) in [5.41, 5.74) is 1.15. The van der Waals surface area contributed by atoms with Crippen LogP contribution in [0.5, 0.6) is 6.01 Å². The Hall–Kier alpha value is -1.44. The largest absolute Gasteiger partial charge is 0.491 e. The SMILES string of the molecule is CNCC(=Cc1cnc(OC)nc1)B1OC(C)(C)C(C)(C)O1. The Bertz CT molecular complexity index is 527. The summed E-state index contributed by atoms with van der Waals surface area (Å²) in [6, 6.07) is 0.350. The Morgan fingerprint density at radius 3 is 2.23 bits per heavy atom. The predicted molar refractivity (Wildman–Crippen MR) is 86.6 cm³/mol. The van der Waals surface area contributed by atoms with Gasteiger partial charge in [0.15, 0.2) is 0 Å². The van der Waals surface area contributed by atoms with Gasteiger partial charge in [-0.05, 0) is 40.2 Å². The zero-order valence-corrected chi connectivity index (χ0v) is 14.1. The molecule has 2 rings (SSSR count). The smallest absolute Gasteiger partial charge is 0.467 e. The molecule has 0 aromatic carbocycles. The minimum atomic E-state index is -0.389. The molecule has 2 heterocycles. The molecule has 0 saturated carbocycles. The zero-order chi connectivity index (χ0) is 16.4. The predicted octanol–water partition coefficient (Wildman–Crippen LogP) is 1.72. The molecule has 0 bridgehead atoms. The van der Waals surface area contributed by atoms with Crippen molar-refractivity contribution in [3.05, 3.63) is 23.4 Å². The molecule has 0 aliphatic carbocycles. The normalized spacial score (nSPS) is 20.3. The van der Waals surface area contributed by atoms with Crippen LogP contribution in [0.1, 0.15) is 33.3 Å². The van der Waals surface area contributed by atoms with Crippen LogP contribution in [0.3, 0.4) is 0 Å². The van der Waals surface area contributed by atoms with Crippen molar-refractivity contribution in [2.45, 2.75) is 38.9 Å².